The number of unbranched alkanes of at least 4 members (excludes halogenated alkanes) is 2. The number of nitrogens with one attached hydrogen (secondary N) is 1. The molecule has 7 nitrogen and oxygen atoms in total. The molecule has 2 aromatic rings. The molecule has 3 rings (SSSR count). The lowest BCUT2D eigenvalue weighted by atomic mass is 9.89. The number of alkyl halides is 3. The molecule has 0 radical (unpaired) electrons. The van der Waals surface area contributed by atoms with Crippen LogP contribution in [0.4, 0.5) is 18.9 Å². The molecular weight excluding hydrogens is 487 g/mol. The van der Waals surface area contributed by atoms with Crippen LogP contribution < -0.4 is 14.8 Å². The lowest BCUT2D eigenvalue weighted by molar-refractivity contribution is -0.275. The number of carbonyl (C=O) groups is 2. The number of hydrogen-bond acceptors (Lipinski definition) is 5. The Morgan fingerprint density at radius 2 is 1.84 bits per heavy atom. The van der Waals surface area contributed by atoms with Gasteiger partial charge in [-0.05, 0) is 48.7 Å². The van der Waals surface area contributed by atoms with E-state index in [1.807, 2.05) is 19.1 Å². The Morgan fingerprint density at radius 1 is 1.11 bits per heavy atom. The van der Waals surface area contributed by atoms with Crippen LogP contribution in [-0.2, 0) is 16.1 Å². The lowest BCUT2D eigenvalue weighted by Crippen LogP contribution is -2.36. The minimum Gasteiger partial charge on any atom is -0.493 e. The van der Waals surface area contributed by atoms with Gasteiger partial charge in [-0.1, -0.05) is 38.8 Å². The van der Waals surface area contributed by atoms with Crippen LogP contribution >= 0.6 is 0 Å². The van der Waals surface area contributed by atoms with Crippen LogP contribution in [-0.4, -0.2) is 36.0 Å². The number of rotatable bonds is 11. The molecule has 37 heavy (non-hydrogen) atoms. The second kappa shape index (κ2) is 12.6. The van der Waals surface area contributed by atoms with Crippen LogP contribution in [0.25, 0.3) is 0 Å². The highest BCUT2D eigenvalue weighted by Gasteiger charge is 2.34. The maximum Gasteiger partial charge on any atom is 0.573 e. The van der Waals surface area contributed by atoms with Crippen molar-refractivity contribution < 1.29 is 32.2 Å². The first-order chi connectivity index (χ1) is 17.6. The summed E-state index contributed by atoms with van der Waals surface area (Å²) in [6.07, 6.45) is -0.609. The molecule has 0 bridgehead atoms. The molecule has 1 heterocycles. The standard InChI is InChI=1S/C27H32F3N3O4/c1-4-6-7-8-24(34)31-21-12-9-18(10-13-21)17-33-25(35)16-19(5-2)26(32-33)20-11-14-22(23(15-20)36-3)37-27(28,29)30/h9-15,19H,4-8,16-17H2,1-3H3,(H,31,34). The summed E-state index contributed by atoms with van der Waals surface area (Å²) in [5, 5.41) is 8.82. The van der Waals surface area contributed by atoms with Gasteiger partial charge in [-0.25, -0.2) is 5.01 Å². The third-order valence-electron chi connectivity index (χ3n) is 6.08. The van der Waals surface area contributed by atoms with E-state index in [0.717, 1.165) is 24.8 Å². The van der Waals surface area contributed by atoms with Crippen LogP contribution in [0.2, 0.25) is 0 Å². The second-order valence-corrected chi connectivity index (χ2v) is 8.86. The van der Waals surface area contributed by atoms with Gasteiger partial charge in [0.25, 0.3) is 0 Å². The van der Waals surface area contributed by atoms with Crippen LogP contribution in [0.1, 0.15) is 63.5 Å². The smallest absolute Gasteiger partial charge is 0.493 e. The van der Waals surface area contributed by atoms with Crippen LogP contribution in [0.5, 0.6) is 11.5 Å². The summed E-state index contributed by atoms with van der Waals surface area (Å²) in [6, 6.07) is 11.3. The van der Waals surface area contributed by atoms with Gasteiger partial charge in [-0.3, -0.25) is 9.59 Å². The summed E-state index contributed by atoms with van der Waals surface area (Å²) in [7, 11) is 1.26. The Morgan fingerprint density at radius 3 is 2.46 bits per heavy atom. The van der Waals surface area contributed by atoms with Crippen molar-refractivity contribution in [1.29, 1.82) is 0 Å². The van der Waals surface area contributed by atoms with Crippen molar-refractivity contribution in [2.75, 3.05) is 12.4 Å². The predicted molar refractivity (Wildman–Crippen MR) is 134 cm³/mol. The fourth-order valence-corrected chi connectivity index (χ4v) is 4.10. The largest absolute Gasteiger partial charge is 0.573 e. The van der Waals surface area contributed by atoms with E-state index in [1.165, 1.54) is 30.3 Å². The van der Waals surface area contributed by atoms with E-state index in [1.54, 1.807) is 12.1 Å². The highest BCUT2D eigenvalue weighted by molar-refractivity contribution is 6.06. The van der Waals surface area contributed by atoms with Gasteiger partial charge in [0.15, 0.2) is 11.5 Å². The van der Waals surface area contributed by atoms with Gasteiger partial charge in [-0.2, -0.15) is 5.10 Å². The summed E-state index contributed by atoms with van der Waals surface area (Å²) >= 11 is 0. The van der Waals surface area contributed by atoms with Crippen molar-refractivity contribution in [3.63, 3.8) is 0 Å². The van der Waals surface area contributed by atoms with E-state index in [9.17, 15) is 22.8 Å². The van der Waals surface area contributed by atoms with Crippen molar-refractivity contribution in [2.24, 2.45) is 11.0 Å². The number of methoxy groups -OCH3 is 1. The minimum absolute atomic E-state index is 0.0330. The number of carbonyl (C=O) groups excluding carboxylic acids is 2. The Kier molecular flexibility index (Phi) is 9.54. The number of hydrogen-bond donors (Lipinski definition) is 1. The van der Waals surface area contributed by atoms with Crippen molar-refractivity contribution >= 4 is 23.2 Å². The summed E-state index contributed by atoms with van der Waals surface area (Å²) < 4.78 is 47.3. The normalized spacial score (nSPS) is 15.8. The van der Waals surface area contributed by atoms with Gasteiger partial charge in [0.05, 0.1) is 19.4 Å². The molecule has 1 N–H and O–H groups in total. The summed E-state index contributed by atoms with van der Waals surface area (Å²) in [4.78, 5) is 24.9. The zero-order chi connectivity index (χ0) is 27.0. The van der Waals surface area contributed by atoms with Crippen molar-refractivity contribution in [1.82, 2.24) is 5.01 Å². The van der Waals surface area contributed by atoms with E-state index >= 15 is 0 Å². The van der Waals surface area contributed by atoms with Gasteiger partial charge in [-0.15, -0.1) is 13.2 Å². The Bertz CT molecular complexity index is 1120. The van der Waals surface area contributed by atoms with Crippen molar-refractivity contribution in [3.05, 3.63) is 53.6 Å². The first-order valence-corrected chi connectivity index (χ1v) is 12.3. The Hall–Kier alpha value is -3.56. The maximum atomic E-state index is 12.8. The molecule has 0 saturated heterocycles. The molecule has 1 atom stereocenters. The molecule has 0 saturated carbocycles. The number of halogens is 3. The zero-order valence-electron chi connectivity index (χ0n) is 21.2. The molecule has 10 heteroatoms. The molecule has 1 aliphatic heterocycles. The predicted octanol–water partition coefficient (Wildman–Crippen LogP) is 6.28. The molecule has 0 spiro atoms. The van der Waals surface area contributed by atoms with E-state index in [4.69, 9.17) is 4.74 Å². The molecule has 0 aliphatic carbocycles. The van der Waals surface area contributed by atoms with E-state index in [2.05, 4.69) is 22.1 Å². The minimum atomic E-state index is -4.85. The fraction of sp³-hybridized carbons (Fsp3) is 0.444. The van der Waals surface area contributed by atoms with Gasteiger partial charge in [0, 0.05) is 30.0 Å². The fourth-order valence-electron chi connectivity index (χ4n) is 4.10. The molecular formula is C27H32F3N3O4. The third kappa shape index (κ3) is 7.96. The average molecular weight is 520 g/mol. The molecule has 1 unspecified atom stereocenters. The number of anilines is 1. The van der Waals surface area contributed by atoms with Crippen molar-refractivity contribution in [2.45, 2.75) is 65.3 Å². The van der Waals surface area contributed by atoms with E-state index in [-0.39, 0.29) is 36.4 Å². The second-order valence-electron chi connectivity index (χ2n) is 8.86. The van der Waals surface area contributed by atoms with E-state index in [0.29, 0.717) is 29.8 Å². The number of benzene rings is 2. The first kappa shape index (κ1) is 28.0. The SMILES string of the molecule is CCCCCC(=O)Nc1ccc(CN2N=C(c3ccc(OC(F)(F)F)c(OC)c3)C(CC)CC2=O)cc1. The zero-order valence-corrected chi connectivity index (χ0v) is 21.2. The molecule has 1 aliphatic rings. The Labute approximate surface area is 214 Å². The van der Waals surface area contributed by atoms with Crippen molar-refractivity contribution in [3.8, 4) is 11.5 Å². The molecule has 200 valence electrons. The summed E-state index contributed by atoms with van der Waals surface area (Å²) in [5.74, 6) is -0.896. The summed E-state index contributed by atoms with van der Waals surface area (Å²) in [5.41, 5.74) is 2.65. The molecule has 0 aromatic heterocycles. The average Bonchev–Trinajstić information content (AvgIpc) is 2.85. The topological polar surface area (TPSA) is 80.2 Å². The number of amides is 2. The highest BCUT2D eigenvalue weighted by Crippen LogP contribution is 2.35. The van der Waals surface area contributed by atoms with Gasteiger partial charge in [0.1, 0.15) is 0 Å². The van der Waals surface area contributed by atoms with Crippen LogP contribution in [0.15, 0.2) is 47.6 Å². The lowest BCUT2D eigenvalue weighted by Gasteiger charge is -2.29. The van der Waals surface area contributed by atoms with Gasteiger partial charge in [0.2, 0.25) is 11.8 Å². The third-order valence-corrected chi connectivity index (χ3v) is 6.08. The maximum absolute atomic E-state index is 12.8. The summed E-state index contributed by atoms with van der Waals surface area (Å²) in [6.45, 7) is 4.23. The van der Waals surface area contributed by atoms with Gasteiger partial charge >= 0.3 is 6.36 Å². The van der Waals surface area contributed by atoms with Crippen LogP contribution in [0, 0.1) is 5.92 Å². The van der Waals surface area contributed by atoms with Gasteiger partial charge < -0.3 is 14.8 Å². The number of nitrogens with zero attached hydrogens (tertiary/aromatic N) is 2. The molecule has 2 amide bonds. The highest BCUT2D eigenvalue weighted by atomic mass is 19.4. The molecule has 2 aromatic carbocycles. The quantitative estimate of drug-likeness (QED) is 0.355. The van der Waals surface area contributed by atoms with Crippen LogP contribution in [0.3, 0.4) is 0 Å². The number of ether oxygens (including phenoxy) is 2. The number of hydrazone groups is 1. The first-order valence-electron chi connectivity index (χ1n) is 12.3. The molecule has 0 fully saturated rings. The Balaban J connectivity index is 1.77. The van der Waals surface area contributed by atoms with E-state index < -0.39 is 12.1 Å². The monoisotopic (exact) mass is 519 g/mol.